The van der Waals surface area contributed by atoms with Gasteiger partial charge in [0.05, 0.1) is 6.54 Å². The van der Waals surface area contributed by atoms with E-state index >= 15 is 0 Å². The first-order valence-electron chi connectivity index (χ1n) is 7.60. The Morgan fingerprint density at radius 3 is 2.65 bits per heavy atom. The van der Waals surface area contributed by atoms with Gasteiger partial charge in [-0.15, -0.1) is 0 Å². The lowest BCUT2D eigenvalue weighted by atomic mass is 10.1. The van der Waals surface area contributed by atoms with Crippen LogP contribution in [0.3, 0.4) is 0 Å². The molecule has 2 aromatic rings. The largest absolute Gasteiger partial charge is 0.355 e. The predicted molar refractivity (Wildman–Crippen MR) is 91.1 cm³/mol. The summed E-state index contributed by atoms with van der Waals surface area (Å²) in [5, 5.41) is 6.58. The van der Waals surface area contributed by atoms with Gasteiger partial charge in [-0.05, 0) is 48.7 Å². The standard InChI is InChI=1S/C18H20ClFN2O/c19-16-6-3-4-14(12-16)8-10-21-13-18(23)22-11-9-15-5-1-2-7-17(15)20/h1-7,12,21H,8-11,13H2,(H,22,23). The smallest absolute Gasteiger partial charge is 0.233 e. The van der Waals surface area contributed by atoms with Crippen LogP contribution >= 0.6 is 11.6 Å². The third-order valence-corrected chi connectivity index (χ3v) is 3.67. The summed E-state index contributed by atoms with van der Waals surface area (Å²) in [4.78, 5) is 11.7. The van der Waals surface area contributed by atoms with Crippen molar-refractivity contribution >= 4 is 17.5 Å². The molecule has 1 amide bonds. The molecule has 0 aliphatic rings. The van der Waals surface area contributed by atoms with Crippen molar-refractivity contribution in [3.63, 3.8) is 0 Å². The molecule has 5 heteroatoms. The van der Waals surface area contributed by atoms with Crippen LogP contribution in [0.4, 0.5) is 4.39 Å². The first-order chi connectivity index (χ1) is 11.1. The predicted octanol–water partition coefficient (Wildman–Crippen LogP) is 2.97. The van der Waals surface area contributed by atoms with E-state index in [9.17, 15) is 9.18 Å². The average Bonchev–Trinajstić information content (AvgIpc) is 2.53. The van der Waals surface area contributed by atoms with E-state index in [0.717, 1.165) is 12.0 Å². The van der Waals surface area contributed by atoms with E-state index in [1.807, 2.05) is 24.3 Å². The van der Waals surface area contributed by atoms with Crippen molar-refractivity contribution in [2.24, 2.45) is 0 Å². The number of rotatable bonds is 8. The van der Waals surface area contributed by atoms with Gasteiger partial charge in [-0.25, -0.2) is 4.39 Å². The first-order valence-corrected chi connectivity index (χ1v) is 7.98. The molecule has 0 saturated heterocycles. The molecule has 0 bridgehead atoms. The van der Waals surface area contributed by atoms with Crippen LogP contribution in [-0.4, -0.2) is 25.5 Å². The Hall–Kier alpha value is -1.91. The van der Waals surface area contributed by atoms with E-state index in [0.29, 0.717) is 30.1 Å². The summed E-state index contributed by atoms with van der Waals surface area (Å²) >= 11 is 5.92. The second-order valence-corrected chi connectivity index (χ2v) is 5.68. The monoisotopic (exact) mass is 334 g/mol. The van der Waals surface area contributed by atoms with E-state index in [1.54, 1.807) is 18.2 Å². The number of benzene rings is 2. The number of halogens is 2. The fourth-order valence-electron chi connectivity index (χ4n) is 2.23. The normalized spacial score (nSPS) is 10.5. The summed E-state index contributed by atoms with van der Waals surface area (Å²) in [5.74, 6) is -0.325. The van der Waals surface area contributed by atoms with Gasteiger partial charge in [-0.2, -0.15) is 0 Å². The van der Waals surface area contributed by atoms with Crippen LogP contribution in [-0.2, 0) is 17.6 Å². The minimum atomic E-state index is -0.235. The van der Waals surface area contributed by atoms with Gasteiger partial charge in [0, 0.05) is 11.6 Å². The van der Waals surface area contributed by atoms with Gasteiger partial charge in [0.1, 0.15) is 5.82 Å². The van der Waals surface area contributed by atoms with Crippen molar-refractivity contribution in [2.45, 2.75) is 12.8 Å². The fourth-order valence-corrected chi connectivity index (χ4v) is 2.44. The van der Waals surface area contributed by atoms with Gasteiger partial charge in [0.25, 0.3) is 0 Å². The van der Waals surface area contributed by atoms with Gasteiger partial charge in [0.15, 0.2) is 0 Å². The van der Waals surface area contributed by atoms with Crippen molar-refractivity contribution in [3.05, 3.63) is 70.5 Å². The lowest BCUT2D eigenvalue weighted by Crippen LogP contribution is -2.35. The zero-order chi connectivity index (χ0) is 16.5. The summed E-state index contributed by atoms with van der Waals surface area (Å²) in [6.45, 7) is 1.37. The van der Waals surface area contributed by atoms with Crippen LogP contribution < -0.4 is 10.6 Å². The van der Waals surface area contributed by atoms with Crippen LogP contribution in [0.5, 0.6) is 0 Å². The Bertz CT molecular complexity index is 648. The molecule has 0 radical (unpaired) electrons. The average molecular weight is 335 g/mol. The molecule has 0 spiro atoms. The van der Waals surface area contributed by atoms with E-state index in [1.165, 1.54) is 6.07 Å². The Labute approximate surface area is 140 Å². The number of carbonyl (C=O) groups excluding carboxylic acids is 1. The second-order valence-electron chi connectivity index (χ2n) is 5.25. The van der Waals surface area contributed by atoms with E-state index in [2.05, 4.69) is 10.6 Å². The third kappa shape index (κ3) is 6.38. The lowest BCUT2D eigenvalue weighted by Gasteiger charge is -2.07. The fraction of sp³-hybridized carbons (Fsp3) is 0.278. The minimum Gasteiger partial charge on any atom is -0.355 e. The van der Waals surface area contributed by atoms with Crippen LogP contribution in [0.15, 0.2) is 48.5 Å². The highest BCUT2D eigenvalue weighted by molar-refractivity contribution is 6.30. The van der Waals surface area contributed by atoms with Gasteiger partial charge < -0.3 is 10.6 Å². The molecule has 0 aliphatic heterocycles. The molecule has 2 rings (SSSR count). The highest BCUT2D eigenvalue weighted by atomic mass is 35.5. The molecular weight excluding hydrogens is 315 g/mol. The summed E-state index contributed by atoms with van der Waals surface area (Å²) < 4.78 is 13.4. The lowest BCUT2D eigenvalue weighted by molar-refractivity contribution is -0.120. The maximum absolute atomic E-state index is 13.4. The Morgan fingerprint density at radius 1 is 1.04 bits per heavy atom. The molecule has 0 fully saturated rings. The molecular formula is C18H20ClFN2O. The Kier molecular flexibility index (Phi) is 7.04. The van der Waals surface area contributed by atoms with E-state index < -0.39 is 0 Å². The molecule has 0 heterocycles. The van der Waals surface area contributed by atoms with Crippen molar-refractivity contribution < 1.29 is 9.18 Å². The van der Waals surface area contributed by atoms with Gasteiger partial charge in [-0.1, -0.05) is 41.9 Å². The van der Waals surface area contributed by atoms with E-state index in [-0.39, 0.29) is 18.3 Å². The molecule has 122 valence electrons. The Morgan fingerprint density at radius 2 is 1.87 bits per heavy atom. The van der Waals surface area contributed by atoms with Crippen molar-refractivity contribution in [1.29, 1.82) is 0 Å². The summed E-state index contributed by atoms with van der Waals surface area (Å²) in [6.07, 6.45) is 1.30. The molecule has 2 N–H and O–H groups in total. The second kappa shape index (κ2) is 9.28. The van der Waals surface area contributed by atoms with Crippen molar-refractivity contribution in [1.82, 2.24) is 10.6 Å². The highest BCUT2D eigenvalue weighted by Gasteiger charge is 2.03. The third-order valence-electron chi connectivity index (χ3n) is 3.44. The van der Waals surface area contributed by atoms with Gasteiger partial charge in [-0.3, -0.25) is 4.79 Å². The number of amides is 1. The van der Waals surface area contributed by atoms with E-state index in [4.69, 9.17) is 11.6 Å². The van der Waals surface area contributed by atoms with Crippen LogP contribution in [0, 0.1) is 5.82 Å². The van der Waals surface area contributed by atoms with Gasteiger partial charge >= 0.3 is 0 Å². The number of nitrogens with one attached hydrogen (secondary N) is 2. The molecule has 0 unspecified atom stereocenters. The molecule has 2 aromatic carbocycles. The zero-order valence-electron chi connectivity index (χ0n) is 12.8. The minimum absolute atomic E-state index is 0.0903. The first kappa shape index (κ1) is 17.4. The van der Waals surface area contributed by atoms with Crippen LogP contribution in [0.25, 0.3) is 0 Å². The zero-order valence-corrected chi connectivity index (χ0v) is 13.6. The number of hydrogen-bond acceptors (Lipinski definition) is 2. The number of carbonyl (C=O) groups is 1. The molecule has 23 heavy (non-hydrogen) atoms. The molecule has 0 atom stereocenters. The highest BCUT2D eigenvalue weighted by Crippen LogP contribution is 2.10. The SMILES string of the molecule is O=C(CNCCc1cccc(Cl)c1)NCCc1ccccc1F. The van der Waals surface area contributed by atoms with Crippen molar-refractivity contribution in [2.75, 3.05) is 19.6 Å². The molecule has 0 saturated carbocycles. The summed E-state index contributed by atoms with van der Waals surface area (Å²) in [5.41, 5.74) is 1.74. The maximum atomic E-state index is 13.4. The summed E-state index contributed by atoms with van der Waals surface area (Å²) in [7, 11) is 0. The molecule has 0 aromatic heterocycles. The number of hydrogen-bond donors (Lipinski definition) is 2. The summed E-state index contributed by atoms with van der Waals surface area (Å²) in [6, 6.07) is 14.3. The van der Waals surface area contributed by atoms with Crippen LogP contribution in [0.1, 0.15) is 11.1 Å². The molecule has 3 nitrogen and oxygen atoms in total. The molecule has 0 aliphatic carbocycles. The quantitative estimate of drug-likeness (QED) is 0.729. The Balaban J connectivity index is 1.59. The van der Waals surface area contributed by atoms with Crippen molar-refractivity contribution in [3.8, 4) is 0 Å². The van der Waals surface area contributed by atoms with Crippen LogP contribution in [0.2, 0.25) is 5.02 Å². The topological polar surface area (TPSA) is 41.1 Å². The van der Waals surface area contributed by atoms with Gasteiger partial charge in [0.2, 0.25) is 5.91 Å². The maximum Gasteiger partial charge on any atom is 0.233 e.